The molecule has 4 aromatic rings. The van der Waals surface area contributed by atoms with Crippen LogP contribution in [0.25, 0.3) is 11.3 Å². The fourth-order valence-electron chi connectivity index (χ4n) is 4.07. The molecule has 144 valence electrons. The predicted molar refractivity (Wildman–Crippen MR) is 117 cm³/mol. The molecule has 1 atom stereocenters. The van der Waals surface area contributed by atoms with Crippen molar-refractivity contribution >= 4 is 5.69 Å². The van der Waals surface area contributed by atoms with E-state index in [2.05, 4.69) is 54.2 Å². The molecule has 0 bridgehead atoms. The zero-order valence-electron chi connectivity index (χ0n) is 16.8. The number of aryl methyl sites for hydroxylation is 3. The molecule has 0 fully saturated rings. The van der Waals surface area contributed by atoms with Crippen molar-refractivity contribution in [3.8, 4) is 22.8 Å². The highest BCUT2D eigenvalue weighted by Crippen LogP contribution is 2.41. The van der Waals surface area contributed by atoms with E-state index in [1.54, 1.807) is 0 Å². The molecular formula is C25H23N3O. The van der Waals surface area contributed by atoms with Crippen LogP contribution in [0.1, 0.15) is 28.6 Å². The Balaban J connectivity index is 1.57. The van der Waals surface area contributed by atoms with Gasteiger partial charge in [-0.25, -0.2) is 4.68 Å². The summed E-state index contributed by atoms with van der Waals surface area (Å²) in [5, 5.41) is 8.51. The van der Waals surface area contributed by atoms with E-state index in [0.717, 1.165) is 28.5 Å². The Kier molecular flexibility index (Phi) is 4.13. The number of nitrogens with zero attached hydrogens (tertiary/aromatic N) is 2. The van der Waals surface area contributed by atoms with Gasteiger partial charge in [0.25, 0.3) is 0 Å². The molecule has 4 heteroatoms. The Hall–Kier alpha value is -3.53. The molecule has 1 aromatic heterocycles. The van der Waals surface area contributed by atoms with E-state index in [9.17, 15) is 0 Å². The lowest BCUT2D eigenvalue weighted by Crippen LogP contribution is -2.26. The molecule has 3 aromatic carbocycles. The lowest BCUT2D eigenvalue weighted by molar-refractivity contribution is 0.479. The van der Waals surface area contributed by atoms with Gasteiger partial charge in [-0.05, 0) is 62.7 Å². The standard InChI is InChI=1S/C25H23N3O/c1-16-12-17(2)24-22(13-16)23-14-18(3)27-28(23)25(26-24)19-8-7-11-21(15-19)29-20-9-5-4-6-10-20/h4-15,25-26H,1-3H3. The number of hydrogen-bond donors (Lipinski definition) is 1. The SMILES string of the molecule is Cc1cc(C)c2c(c1)-c1cc(C)nn1C(c1cccc(Oc3ccccc3)c1)N2. The molecule has 1 unspecified atom stereocenters. The van der Waals surface area contributed by atoms with Crippen LogP contribution < -0.4 is 10.1 Å². The van der Waals surface area contributed by atoms with Gasteiger partial charge in [0.1, 0.15) is 17.7 Å². The monoisotopic (exact) mass is 381 g/mol. The molecule has 0 spiro atoms. The van der Waals surface area contributed by atoms with Gasteiger partial charge < -0.3 is 10.1 Å². The zero-order valence-corrected chi connectivity index (χ0v) is 16.8. The quantitative estimate of drug-likeness (QED) is 0.456. The molecule has 29 heavy (non-hydrogen) atoms. The molecule has 1 N–H and O–H groups in total. The van der Waals surface area contributed by atoms with Crippen LogP contribution in [0.15, 0.2) is 72.8 Å². The van der Waals surface area contributed by atoms with Gasteiger partial charge in [0.05, 0.1) is 11.4 Å². The molecule has 0 amide bonds. The number of para-hydroxylation sites is 1. The lowest BCUT2D eigenvalue weighted by atomic mass is 9.98. The van der Waals surface area contributed by atoms with Crippen molar-refractivity contribution in [3.05, 3.63) is 95.2 Å². The maximum absolute atomic E-state index is 6.05. The van der Waals surface area contributed by atoms with Crippen molar-refractivity contribution in [2.45, 2.75) is 26.9 Å². The molecule has 2 heterocycles. The summed E-state index contributed by atoms with van der Waals surface area (Å²) >= 11 is 0. The average molecular weight is 381 g/mol. The molecule has 1 aliphatic rings. The molecule has 0 saturated heterocycles. The maximum Gasteiger partial charge on any atom is 0.147 e. The summed E-state index contributed by atoms with van der Waals surface area (Å²) in [4.78, 5) is 0. The number of hydrogen-bond acceptors (Lipinski definition) is 3. The first-order valence-corrected chi connectivity index (χ1v) is 9.86. The van der Waals surface area contributed by atoms with Gasteiger partial charge in [0.15, 0.2) is 0 Å². The van der Waals surface area contributed by atoms with Crippen LogP contribution in [0, 0.1) is 20.8 Å². The predicted octanol–water partition coefficient (Wildman–Crippen LogP) is 6.24. The van der Waals surface area contributed by atoms with Gasteiger partial charge in [-0.1, -0.05) is 42.0 Å². The van der Waals surface area contributed by atoms with Crippen LogP contribution in [0.2, 0.25) is 0 Å². The molecule has 1 aliphatic heterocycles. The second-order valence-electron chi connectivity index (χ2n) is 7.65. The van der Waals surface area contributed by atoms with E-state index in [0.29, 0.717) is 0 Å². The number of rotatable bonds is 3. The fourth-order valence-corrected chi connectivity index (χ4v) is 4.07. The van der Waals surface area contributed by atoms with E-state index >= 15 is 0 Å². The summed E-state index contributed by atoms with van der Waals surface area (Å²) in [6.45, 7) is 6.33. The highest BCUT2D eigenvalue weighted by Gasteiger charge is 2.28. The Morgan fingerprint density at radius 3 is 2.48 bits per heavy atom. The summed E-state index contributed by atoms with van der Waals surface area (Å²) in [6.07, 6.45) is -0.0908. The first-order valence-electron chi connectivity index (χ1n) is 9.86. The van der Waals surface area contributed by atoms with E-state index in [-0.39, 0.29) is 6.17 Å². The van der Waals surface area contributed by atoms with Crippen molar-refractivity contribution < 1.29 is 4.74 Å². The minimum atomic E-state index is -0.0908. The minimum Gasteiger partial charge on any atom is -0.457 e. The highest BCUT2D eigenvalue weighted by atomic mass is 16.5. The highest BCUT2D eigenvalue weighted by molar-refractivity contribution is 5.82. The smallest absolute Gasteiger partial charge is 0.147 e. The number of nitrogens with one attached hydrogen (secondary N) is 1. The Morgan fingerprint density at radius 1 is 0.862 bits per heavy atom. The van der Waals surface area contributed by atoms with Crippen LogP contribution in [0.3, 0.4) is 0 Å². The van der Waals surface area contributed by atoms with Crippen LogP contribution in [-0.4, -0.2) is 9.78 Å². The topological polar surface area (TPSA) is 39.1 Å². The van der Waals surface area contributed by atoms with Crippen LogP contribution in [0.5, 0.6) is 11.5 Å². The van der Waals surface area contributed by atoms with E-state index in [1.807, 2.05) is 49.4 Å². The first kappa shape index (κ1) is 17.6. The normalized spacial score (nSPS) is 14.7. The molecular weight excluding hydrogens is 358 g/mol. The van der Waals surface area contributed by atoms with Crippen LogP contribution >= 0.6 is 0 Å². The van der Waals surface area contributed by atoms with Gasteiger partial charge in [-0.3, -0.25) is 0 Å². The van der Waals surface area contributed by atoms with Crippen LogP contribution in [-0.2, 0) is 0 Å². The second-order valence-corrected chi connectivity index (χ2v) is 7.65. The number of anilines is 1. The largest absolute Gasteiger partial charge is 0.457 e. The molecule has 0 saturated carbocycles. The fraction of sp³-hybridized carbons (Fsp3) is 0.160. The molecule has 4 nitrogen and oxygen atoms in total. The third-order valence-corrected chi connectivity index (χ3v) is 5.29. The first-order chi connectivity index (χ1) is 14.1. The summed E-state index contributed by atoms with van der Waals surface area (Å²) in [5.74, 6) is 1.64. The van der Waals surface area contributed by atoms with Crippen molar-refractivity contribution in [2.24, 2.45) is 0 Å². The Labute approximate surface area is 170 Å². The lowest BCUT2D eigenvalue weighted by Gasteiger charge is -2.31. The van der Waals surface area contributed by atoms with Crippen molar-refractivity contribution in [1.29, 1.82) is 0 Å². The van der Waals surface area contributed by atoms with E-state index in [1.165, 1.54) is 22.4 Å². The van der Waals surface area contributed by atoms with Crippen molar-refractivity contribution in [3.63, 3.8) is 0 Å². The van der Waals surface area contributed by atoms with Crippen molar-refractivity contribution in [2.75, 3.05) is 5.32 Å². The van der Waals surface area contributed by atoms with Gasteiger partial charge in [-0.15, -0.1) is 0 Å². The van der Waals surface area contributed by atoms with Gasteiger partial charge in [-0.2, -0.15) is 5.10 Å². The summed E-state index contributed by atoms with van der Waals surface area (Å²) in [7, 11) is 0. The minimum absolute atomic E-state index is 0.0908. The average Bonchev–Trinajstić information content (AvgIpc) is 3.10. The van der Waals surface area contributed by atoms with Crippen LogP contribution in [0.4, 0.5) is 5.69 Å². The maximum atomic E-state index is 6.05. The molecule has 0 aliphatic carbocycles. The van der Waals surface area contributed by atoms with Crippen molar-refractivity contribution in [1.82, 2.24) is 9.78 Å². The summed E-state index contributed by atoms with van der Waals surface area (Å²) in [5.41, 5.74) is 8.13. The van der Waals surface area contributed by atoms with Gasteiger partial charge in [0, 0.05) is 16.8 Å². The second kappa shape index (κ2) is 6.82. The van der Waals surface area contributed by atoms with Gasteiger partial charge in [0.2, 0.25) is 0 Å². The van der Waals surface area contributed by atoms with E-state index < -0.39 is 0 Å². The van der Waals surface area contributed by atoms with E-state index in [4.69, 9.17) is 9.84 Å². The third-order valence-electron chi connectivity index (χ3n) is 5.29. The number of aromatic nitrogens is 2. The molecule has 5 rings (SSSR count). The Morgan fingerprint density at radius 2 is 1.66 bits per heavy atom. The zero-order chi connectivity index (χ0) is 20.0. The Bertz CT molecular complexity index is 1190. The summed E-state index contributed by atoms with van der Waals surface area (Å²) < 4.78 is 8.14. The molecule has 0 radical (unpaired) electrons. The number of fused-ring (bicyclic) bond motifs is 3. The summed E-state index contributed by atoms with van der Waals surface area (Å²) in [6, 6.07) is 24.7. The number of ether oxygens (including phenoxy) is 1. The number of benzene rings is 3. The third kappa shape index (κ3) is 3.17. The van der Waals surface area contributed by atoms with Gasteiger partial charge >= 0.3 is 0 Å².